The zero-order chi connectivity index (χ0) is 14.8. The third kappa shape index (κ3) is 4.27. The van der Waals surface area contributed by atoms with Crippen molar-refractivity contribution in [3.63, 3.8) is 0 Å². The Hall–Kier alpha value is -0.430. The quantitative estimate of drug-likeness (QED) is 0.878. The zero-order valence-corrected chi connectivity index (χ0v) is 13.9. The van der Waals surface area contributed by atoms with Crippen LogP contribution in [-0.4, -0.2) is 15.0 Å². The molecule has 3 N–H and O–H groups in total. The topological polar surface area (TPSA) is 72.2 Å². The molecule has 0 aliphatic heterocycles. The van der Waals surface area contributed by atoms with Crippen LogP contribution in [0.5, 0.6) is 0 Å². The highest BCUT2D eigenvalue weighted by Gasteiger charge is 2.24. The van der Waals surface area contributed by atoms with Crippen LogP contribution >= 0.6 is 11.3 Å². The predicted molar refractivity (Wildman–Crippen MR) is 80.8 cm³/mol. The number of hydrogen-bond donors (Lipinski definition) is 2. The SMILES string of the molecule is Cc1sc(CN)cc1S(=O)(=O)NCC(C)C(C)(C)C. The molecule has 0 spiro atoms. The van der Waals surface area contributed by atoms with E-state index < -0.39 is 10.0 Å². The van der Waals surface area contributed by atoms with Crippen molar-refractivity contribution < 1.29 is 8.42 Å². The highest BCUT2D eigenvalue weighted by molar-refractivity contribution is 7.89. The first kappa shape index (κ1) is 16.6. The Bertz CT molecular complexity index is 527. The number of nitrogens with two attached hydrogens (primary N) is 1. The van der Waals surface area contributed by atoms with Crippen molar-refractivity contribution in [3.05, 3.63) is 15.8 Å². The summed E-state index contributed by atoms with van der Waals surface area (Å²) in [4.78, 5) is 2.04. The maximum atomic E-state index is 12.3. The van der Waals surface area contributed by atoms with Gasteiger partial charge in [0, 0.05) is 22.8 Å². The minimum Gasteiger partial charge on any atom is -0.326 e. The molecule has 0 amide bonds. The van der Waals surface area contributed by atoms with Crippen molar-refractivity contribution in [2.75, 3.05) is 6.54 Å². The largest absolute Gasteiger partial charge is 0.326 e. The standard InChI is InChI=1S/C13H24N2O2S2/c1-9(13(3,4)5)8-15-19(16,17)12-6-11(7-14)18-10(12)2/h6,9,15H,7-8,14H2,1-5H3. The van der Waals surface area contributed by atoms with Crippen molar-refractivity contribution in [2.45, 2.75) is 46.1 Å². The summed E-state index contributed by atoms with van der Waals surface area (Å²) in [6.07, 6.45) is 0. The molecule has 110 valence electrons. The molecule has 0 saturated carbocycles. The number of rotatable bonds is 5. The third-order valence-corrected chi connectivity index (χ3v) is 6.22. The van der Waals surface area contributed by atoms with Crippen LogP contribution in [0, 0.1) is 18.3 Å². The van der Waals surface area contributed by atoms with E-state index in [1.165, 1.54) is 11.3 Å². The van der Waals surface area contributed by atoms with Crippen molar-refractivity contribution >= 4 is 21.4 Å². The van der Waals surface area contributed by atoms with Gasteiger partial charge in [0.15, 0.2) is 0 Å². The summed E-state index contributed by atoms with van der Waals surface area (Å²) in [5.41, 5.74) is 5.63. The third-order valence-electron chi connectivity index (χ3n) is 3.47. The molecule has 1 aromatic rings. The van der Waals surface area contributed by atoms with Crippen molar-refractivity contribution in [1.82, 2.24) is 4.72 Å². The zero-order valence-electron chi connectivity index (χ0n) is 12.3. The molecule has 0 fully saturated rings. The van der Waals surface area contributed by atoms with Crippen LogP contribution in [0.15, 0.2) is 11.0 Å². The Morgan fingerprint density at radius 3 is 2.42 bits per heavy atom. The van der Waals surface area contributed by atoms with Gasteiger partial charge in [-0.1, -0.05) is 27.7 Å². The fraction of sp³-hybridized carbons (Fsp3) is 0.692. The van der Waals surface area contributed by atoms with Gasteiger partial charge in [0.1, 0.15) is 0 Å². The molecule has 0 saturated heterocycles. The fourth-order valence-electron chi connectivity index (χ4n) is 1.51. The average Bonchev–Trinajstić information content (AvgIpc) is 2.67. The maximum absolute atomic E-state index is 12.3. The van der Waals surface area contributed by atoms with Gasteiger partial charge in [-0.05, 0) is 24.3 Å². The van der Waals surface area contributed by atoms with Crippen LogP contribution < -0.4 is 10.5 Å². The van der Waals surface area contributed by atoms with E-state index in [4.69, 9.17) is 5.73 Å². The van der Waals surface area contributed by atoms with Crippen molar-refractivity contribution in [3.8, 4) is 0 Å². The molecule has 0 aromatic carbocycles. The van der Waals surface area contributed by atoms with Gasteiger partial charge < -0.3 is 5.73 Å². The molecule has 1 aromatic heterocycles. The summed E-state index contributed by atoms with van der Waals surface area (Å²) >= 11 is 1.44. The van der Waals surface area contributed by atoms with Crippen LogP contribution in [0.4, 0.5) is 0 Å². The average molecular weight is 304 g/mol. The Kier molecular flexibility index (Phi) is 5.17. The molecular weight excluding hydrogens is 280 g/mol. The normalized spacial score (nSPS) is 14.6. The molecular formula is C13H24N2O2S2. The van der Waals surface area contributed by atoms with Crippen molar-refractivity contribution in [2.24, 2.45) is 17.1 Å². The lowest BCUT2D eigenvalue weighted by Crippen LogP contribution is -2.33. The summed E-state index contributed by atoms with van der Waals surface area (Å²) in [6.45, 7) is 11.0. The maximum Gasteiger partial charge on any atom is 0.241 e. The molecule has 1 unspecified atom stereocenters. The second-order valence-electron chi connectivity index (χ2n) is 5.96. The van der Waals surface area contributed by atoms with E-state index in [-0.39, 0.29) is 11.3 Å². The number of hydrogen-bond acceptors (Lipinski definition) is 4. The molecule has 19 heavy (non-hydrogen) atoms. The lowest BCUT2D eigenvalue weighted by Gasteiger charge is -2.27. The van der Waals surface area contributed by atoms with E-state index in [0.29, 0.717) is 18.0 Å². The monoisotopic (exact) mass is 304 g/mol. The van der Waals surface area contributed by atoms with Crippen LogP contribution in [0.3, 0.4) is 0 Å². The Morgan fingerprint density at radius 1 is 1.42 bits per heavy atom. The lowest BCUT2D eigenvalue weighted by molar-refractivity contribution is 0.263. The first-order chi connectivity index (χ1) is 8.58. The van der Waals surface area contributed by atoms with Crippen LogP contribution in [-0.2, 0) is 16.6 Å². The molecule has 0 aliphatic rings. The first-order valence-corrected chi connectivity index (χ1v) is 8.67. The van der Waals surface area contributed by atoms with Crippen LogP contribution in [0.2, 0.25) is 0 Å². The highest BCUT2D eigenvalue weighted by Crippen LogP contribution is 2.27. The Morgan fingerprint density at radius 2 is 2.00 bits per heavy atom. The van der Waals surface area contributed by atoms with Gasteiger partial charge in [-0.2, -0.15) is 0 Å². The second-order valence-corrected chi connectivity index (χ2v) is 9.03. The van der Waals surface area contributed by atoms with Gasteiger partial charge in [-0.3, -0.25) is 0 Å². The van der Waals surface area contributed by atoms with Gasteiger partial charge in [-0.15, -0.1) is 11.3 Å². The van der Waals surface area contributed by atoms with E-state index >= 15 is 0 Å². The molecule has 6 heteroatoms. The van der Waals surface area contributed by atoms with Crippen LogP contribution in [0.1, 0.15) is 37.4 Å². The summed E-state index contributed by atoms with van der Waals surface area (Å²) in [6, 6.07) is 1.67. The Labute approximate surface area is 120 Å². The Balaban J connectivity index is 2.84. The highest BCUT2D eigenvalue weighted by atomic mass is 32.2. The van der Waals surface area contributed by atoms with Crippen LogP contribution in [0.25, 0.3) is 0 Å². The minimum atomic E-state index is -3.43. The van der Waals surface area contributed by atoms with Gasteiger partial charge in [-0.25, -0.2) is 13.1 Å². The smallest absolute Gasteiger partial charge is 0.241 e. The second kappa shape index (κ2) is 5.91. The van der Waals surface area contributed by atoms with Gasteiger partial charge in [0.2, 0.25) is 10.0 Å². The summed E-state index contributed by atoms with van der Waals surface area (Å²) in [7, 11) is -3.43. The predicted octanol–water partition coefficient (Wildman–Crippen LogP) is 2.48. The van der Waals surface area contributed by atoms with E-state index in [9.17, 15) is 8.42 Å². The molecule has 0 radical (unpaired) electrons. The van der Waals surface area contributed by atoms with Gasteiger partial charge in [0.25, 0.3) is 0 Å². The number of nitrogens with one attached hydrogen (secondary N) is 1. The van der Waals surface area contributed by atoms with E-state index in [1.807, 2.05) is 13.8 Å². The van der Waals surface area contributed by atoms with Gasteiger partial charge in [0.05, 0.1) is 4.90 Å². The summed E-state index contributed by atoms with van der Waals surface area (Å²) < 4.78 is 27.2. The van der Waals surface area contributed by atoms with Crippen molar-refractivity contribution in [1.29, 1.82) is 0 Å². The first-order valence-electron chi connectivity index (χ1n) is 6.37. The molecule has 1 atom stereocenters. The fourth-order valence-corrected chi connectivity index (χ4v) is 4.15. The minimum absolute atomic E-state index is 0.0780. The molecule has 1 heterocycles. The number of thiophene rings is 1. The van der Waals surface area contributed by atoms with Gasteiger partial charge >= 0.3 is 0 Å². The number of aryl methyl sites for hydroxylation is 1. The summed E-state index contributed by atoms with van der Waals surface area (Å²) in [5, 5.41) is 0. The molecule has 4 nitrogen and oxygen atoms in total. The summed E-state index contributed by atoms with van der Waals surface area (Å²) in [5.74, 6) is 0.259. The van der Waals surface area contributed by atoms with E-state index in [0.717, 1.165) is 9.75 Å². The van der Waals surface area contributed by atoms with E-state index in [1.54, 1.807) is 6.07 Å². The number of sulfonamides is 1. The lowest BCUT2D eigenvalue weighted by atomic mass is 9.82. The van der Waals surface area contributed by atoms with E-state index in [2.05, 4.69) is 25.5 Å². The molecule has 0 bridgehead atoms. The molecule has 1 rings (SSSR count). The molecule has 0 aliphatic carbocycles.